The largest absolute Gasteiger partial charge is 0.493 e. The number of aromatic nitrogens is 1. The van der Waals surface area contributed by atoms with Gasteiger partial charge < -0.3 is 19.5 Å². The number of nitrogens with zero attached hydrogens (tertiary/aromatic N) is 1. The Hall–Kier alpha value is -3.43. The van der Waals surface area contributed by atoms with Crippen LogP contribution in [0, 0.1) is 0 Å². The lowest BCUT2D eigenvalue weighted by Gasteiger charge is -2.15. The third kappa shape index (κ3) is 6.55. The van der Waals surface area contributed by atoms with Crippen molar-refractivity contribution >= 4 is 28.3 Å². The Morgan fingerprint density at radius 1 is 1.18 bits per heavy atom. The van der Waals surface area contributed by atoms with E-state index in [1.54, 1.807) is 36.8 Å². The highest BCUT2D eigenvalue weighted by Gasteiger charge is 2.17. The fourth-order valence-corrected chi connectivity index (χ4v) is 4.24. The third-order valence-corrected chi connectivity index (χ3v) is 6.12. The van der Waals surface area contributed by atoms with Crippen LogP contribution in [0.5, 0.6) is 11.5 Å². The molecule has 9 heteroatoms. The van der Waals surface area contributed by atoms with Crippen molar-refractivity contribution in [3.05, 3.63) is 70.7 Å². The summed E-state index contributed by atoms with van der Waals surface area (Å²) in [5, 5.41) is 7.88. The van der Waals surface area contributed by atoms with Gasteiger partial charge in [0, 0.05) is 24.1 Å². The van der Waals surface area contributed by atoms with Crippen molar-refractivity contribution in [3.63, 3.8) is 0 Å². The maximum atomic E-state index is 12.4. The average Bonchev–Trinajstić information content (AvgIpc) is 3.54. The highest BCUT2D eigenvalue weighted by atomic mass is 32.1. The topological polar surface area (TPSA) is 98.8 Å². The number of carbonyl (C=O) groups excluding carboxylic acids is 2. The van der Waals surface area contributed by atoms with Crippen LogP contribution in [0.25, 0.3) is 0 Å². The van der Waals surface area contributed by atoms with E-state index in [0.29, 0.717) is 41.0 Å². The number of rotatable bonds is 10. The number of amides is 2. The Balaban J connectivity index is 1.25. The maximum absolute atomic E-state index is 12.4. The second kappa shape index (κ2) is 11.6. The molecule has 0 aliphatic carbocycles. The van der Waals surface area contributed by atoms with Crippen molar-refractivity contribution in [2.24, 2.45) is 0 Å². The lowest BCUT2D eigenvalue weighted by Crippen LogP contribution is -2.24. The Morgan fingerprint density at radius 3 is 2.79 bits per heavy atom. The summed E-state index contributed by atoms with van der Waals surface area (Å²) in [4.78, 5) is 29.0. The lowest BCUT2D eigenvalue weighted by molar-refractivity contribution is -0.120. The highest BCUT2D eigenvalue weighted by molar-refractivity contribution is 7.14. The Bertz CT molecular complexity index is 1110. The normalized spacial score (nSPS) is 15.0. The van der Waals surface area contributed by atoms with Gasteiger partial charge in [-0.05, 0) is 42.7 Å². The van der Waals surface area contributed by atoms with Crippen molar-refractivity contribution < 1.29 is 23.8 Å². The molecule has 2 amide bonds. The minimum Gasteiger partial charge on any atom is -0.493 e. The number of hydrogen-bond donors (Lipinski definition) is 2. The van der Waals surface area contributed by atoms with Gasteiger partial charge in [0.2, 0.25) is 5.91 Å². The minimum absolute atomic E-state index is 0.122. The van der Waals surface area contributed by atoms with Gasteiger partial charge in [-0.15, -0.1) is 11.3 Å². The van der Waals surface area contributed by atoms with Crippen LogP contribution in [0.4, 0.5) is 5.13 Å². The molecule has 0 radical (unpaired) electrons. The zero-order valence-corrected chi connectivity index (χ0v) is 19.7. The van der Waals surface area contributed by atoms with E-state index in [0.717, 1.165) is 25.0 Å². The fraction of sp³-hybridized carbons (Fsp3) is 0.320. The van der Waals surface area contributed by atoms with Crippen molar-refractivity contribution in [2.45, 2.75) is 31.9 Å². The predicted octanol–water partition coefficient (Wildman–Crippen LogP) is 3.82. The number of benzene rings is 2. The van der Waals surface area contributed by atoms with E-state index in [2.05, 4.69) is 15.6 Å². The van der Waals surface area contributed by atoms with Crippen LogP contribution in [0.3, 0.4) is 0 Å². The van der Waals surface area contributed by atoms with Gasteiger partial charge in [-0.25, -0.2) is 4.98 Å². The summed E-state index contributed by atoms with van der Waals surface area (Å²) in [7, 11) is 1.59. The summed E-state index contributed by atoms with van der Waals surface area (Å²) in [6.07, 6.45) is 2.32. The summed E-state index contributed by atoms with van der Waals surface area (Å²) in [5.41, 5.74) is 2.04. The molecule has 0 spiro atoms. The molecule has 2 aromatic carbocycles. The van der Waals surface area contributed by atoms with Crippen molar-refractivity contribution in [3.8, 4) is 11.5 Å². The van der Waals surface area contributed by atoms with E-state index in [1.165, 1.54) is 11.3 Å². The van der Waals surface area contributed by atoms with Crippen LogP contribution in [-0.4, -0.2) is 43.2 Å². The van der Waals surface area contributed by atoms with Gasteiger partial charge in [0.1, 0.15) is 6.61 Å². The maximum Gasteiger partial charge on any atom is 0.257 e. The van der Waals surface area contributed by atoms with Gasteiger partial charge in [0.15, 0.2) is 16.6 Å². The molecule has 1 unspecified atom stereocenters. The van der Waals surface area contributed by atoms with E-state index in [-0.39, 0.29) is 24.3 Å². The fourth-order valence-electron chi connectivity index (χ4n) is 3.53. The first-order valence-electron chi connectivity index (χ1n) is 11.1. The zero-order valence-electron chi connectivity index (χ0n) is 18.9. The van der Waals surface area contributed by atoms with E-state index in [1.807, 2.05) is 24.3 Å². The molecule has 1 aliphatic heterocycles. The van der Waals surface area contributed by atoms with Gasteiger partial charge in [-0.2, -0.15) is 0 Å². The summed E-state index contributed by atoms with van der Waals surface area (Å²) < 4.78 is 16.9. The highest BCUT2D eigenvalue weighted by Crippen LogP contribution is 2.29. The van der Waals surface area contributed by atoms with Crippen LogP contribution < -0.4 is 20.1 Å². The number of carbonyl (C=O) groups is 2. The third-order valence-electron chi connectivity index (χ3n) is 5.32. The van der Waals surface area contributed by atoms with Gasteiger partial charge >= 0.3 is 0 Å². The Kier molecular flexibility index (Phi) is 8.11. The monoisotopic (exact) mass is 481 g/mol. The Labute approximate surface area is 202 Å². The molecule has 2 N–H and O–H groups in total. The Morgan fingerprint density at radius 2 is 2.03 bits per heavy atom. The molecule has 0 bridgehead atoms. The summed E-state index contributed by atoms with van der Waals surface area (Å²) in [5.74, 6) is 0.871. The standard InChI is InChI=1S/C25H27N3O5S/c1-31-22-12-17(9-10-21(22)33-15-20-8-5-11-32-20)14-26-23(29)13-19-16-34-25(27-19)28-24(30)18-6-3-2-4-7-18/h2-4,6-7,9-10,12,16,20H,5,8,11,13-15H2,1H3,(H,26,29)(H,27,28,30). The smallest absolute Gasteiger partial charge is 0.257 e. The molecule has 1 saturated heterocycles. The number of nitrogens with one attached hydrogen (secondary N) is 2. The van der Waals surface area contributed by atoms with E-state index >= 15 is 0 Å². The number of ether oxygens (including phenoxy) is 3. The van der Waals surface area contributed by atoms with Crippen LogP contribution >= 0.6 is 11.3 Å². The molecule has 1 aromatic heterocycles. The number of hydrogen-bond acceptors (Lipinski definition) is 7. The molecule has 0 saturated carbocycles. The minimum atomic E-state index is -0.233. The lowest BCUT2D eigenvalue weighted by atomic mass is 10.2. The predicted molar refractivity (Wildman–Crippen MR) is 130 cm³/mol. The number of methoxy groups -OCH3 is 1. The van der Waals surface area contributed by atoms with E-state index < -0.39 is 0 Å². The zero-order chi connectivity index (χ0) is 23.8. The molecule has 1 aliphatic rings. The van der Waals surface area contributed by atoms with Crippen molar-refractivity contribution in [1.29, 1.82) is 0 Å². The first kappa shape index (κ1) is 23.7. The average molecular weight is 482 g/mol. The molecule has 1 atom stereocenters. The first-order valence-corrected chi connectivity index (χ1v) is 12.0. The van der Waals surface area contributed by atoms with Crippen molar-refractivity contribution in [2.75, 3.05) is 25.6 Å². The molecule has 2 heterocycles. The molecule has 4 rings (SSSR count). The molecular weight excluding hydrogens is 454 g/mol. The SMILES string of the molecule is COc1cc(CNC(=O)Cc2csc(NC(=O)c3ccccc3)n2)ccc1OCC1CCCO1. The molecule has 34 heavy (non-hydrogen) atoms. The van der Waals surface area contributed by atoms with Crippen LogP contribution in [0.15, 0.2) is 53.9 Å². The van der Waals surface area contributed by atoms with E-state index in [4.69, 9.17) is 14.2 Å². The molecule has 178 valence electrons. The van der Waals surface area contributed by atoms with Crippen molar-refractivity contribution in [1.82, 2.24) is 10.3 Å². The summed E-state index contributed by atoms with van der Waals surface area (Å²) in [6.45, 7) is 1.63. The van der Waals surface area contributed by atoms with Gasteiger partial charge in [-0.3, -0.25) is 14.9 Å². The quantitative estimate of drug-likeness (QED) is 0.457. The van der Waals surface area contributed by atoms with Crippen LogP contribution in [0.1, 0.15) is 34.5 Å². The molecule has 8 nitrogen and oxygen atoms in total. The second-order valence-electron chi connectivity index (χ2n) is 7.85. The summed E-state index contributed by atoms with van der Waals surface area (Å²) in [6, 6.07) is 14.5. The van der Waals surface area contributed by atoms with Crippen LogP contribution in [-0.2, 0) is 22.5 Å². The second-order valence-corrected chi connectivity index (χ2v) is 8.71. The summed E-state index contributed by atoms with van der Waals surface area (Å²) >= 11 is 1.29. The van der Waals surface area contributed by atoms with Gasteiger partial charge in [0.05, 0.1) is 25.3 Å². The number of thiazole rings is 1. The number of anilines is 1. The van der Waals surface area contributed by atoms with Gasteiger partial charge in [-0.1, -0.05) is 24.3 Å². The molecule has 3 aromatic rings. The van der Waals surface area contributed by atoms with Gasteiger partial charge in [0.25, 0.3) is 5.91 Å². The van der Waals surface area contributed by atoms with Crippen LogP contribution in [0.2, 0.25) is 0 Å². The van der Waals surface area contributed by atoms with E-state index in [9.17, 15) is 9.59 Å². The molecule has 1 fully saturated rings. The first-order chi connectivity index (χ1) is 16.6. The molecular formula is C25H27N3O5S.